The first-order chi connectivity index (χ1) is 17.5. The van der Waals surface area contributed by atoms with Gasteiger partial charge in [0.25, 0.3) is 0 Å². The highest BCUT2D eigenvalue weighted by molar-refractivity contribution is 6.05. The van der Waals surface area contributed by atoms with Crippen LogP contribution in [0.4, 0.5) is 4.79 Å². The summed E-state index contributed by atoms with van der Waals surface area (Å²) in [6, 6.07) is 13.4. The summed E-state index contributed by atoms with van der Waals surface area (Å²) < 4.78 is 21.9. The molecule has 0 unspecified atom stereocenters. The molecule has 1 aliphatic carbocycles. The number of hydrogen-bond acceptors (Lipinski definition) is 7. The largest absolute Gasteiger partial charge is 0.466 e. The molecule has 0 N–H and O–H groups in total. The smallest absolute Gasteiger partial charge is 0.411 e. The van der Waals surface area contributed by atoms with E-state index in [1.165, 1.54) is 14.2 Å². The van der Waals surface area contributed by atoms with E-state index >= 15 is 0 Å². The molecule has 8 heteroatoms. The molecule has 1 amide bonds. The van der Waals surface area contributed by atoms with E-state index < -0.39 is 11.9 Å². The van der Waals surface area contributed by atoms with E-state index in [4.69, 9.17) is 18.9 Å². The molecule has 36 heavy (non-hydrogen) atoms. The SMILES string of the molecule is COC(=O)C1=C(C(=O)OC)[C@H]2[C@@H]1[C@H]1O[C@@H]2c2cc3c(cc21)[C@H]1C=C[C@@H]3N1C(=O)OCc1ccccc1. The predicted octanol–water partition coefficient (Wildman–Crippen LogP) is 4.01. The second-order valence-corrected chi connectivity index (χ2v) is 9.67. The maximum absolute atomic E-state index is 13.1. The topological polar surface area (TPSA) is 91.4 Å². The highest BCUT2D eigenvalue weighted by Gasteiger charge is 2.64. The molecule has 4 bridgehead atoms. The van der Waals surface area contributed by atoms with Gasteiger partial charge in [-0.15, -0.1) is 0 Å². The van der Waals surface area contributed by atoms with Gasteiger partial charge in [0.1, 0.15) is 6.61 Å². The Hall–Kier alpha value is -3.91. The van der Waals surface area contributed by atoms with E-state index in [0.717, 1.165) is 27.8 Å². The Balaban J connectivity index is 1.19. The summed E-state index contributed by atoms with van der Waals surface area (Å²) in [5.41, 5.74) is 5.72. The Labute approximate surface area is 207 Å². The molecule has 0 aromatic heterocycles. The van der Waals surface area contributed by atoms with Crippen LogP contribution in [0.5, 0.6) is 0 Å². The van der Waals surface area contributed by atoms with E-state index in [2.05, 4.69) is 12.1 Å². The molecule has 4 heterocycles. The molecule has 4 aliphatic heterocycles. The fraction of sp³-hybridized carbons (Fsp3) is 0.321. The van der Waals surface area contributed by atoms with Crippen molar-refractivity contribution in [3.63, 3.8) is 0 Å². The van der Waals surface area contributed by atoms with Gasteiger partial charge in [0.15, 0.2) is 0 Å². The zero-order valence-corrected chi connectivity index (χ0v) is 19.7. The highest BCUT2D eigenvalue weighted by Crippen LogP contribution is 2.68. The van der Waals surface area contributed by atoms with Crippen molar-refractivity contribution >= 4 is 18.0 Å². The first-order valence-electron chi connectivity index (χ1n) is 11.9. The highest BCUT2D eigenvalue weighted by atomic mass is 16.6. The van der Waals surface area contributed by atoms with Crippen LogP contribution < -0.4 is 0 Å². The molecule has 6 atom stereocenters. The number of carbonyl (C=O) groups excluding carboxylic acids is 3. The van der Waals surface area contributed by atoms with Gasteiger partial charge in [-0.3, -0.25) is 4.90 Å². The minimum atomic E-state index is -0.523. The Morgan fingerprint density at radius 2 is 1.33 bits per heavy atom. The van der Waals surface area contributed by atoms with E-state index in [0.29, 0.717) is 11.1 Å². The molecular formula is C28H23NO7. The summed E-state index contributed by atoms with van der Waals surface area (Å²) in [7, 11) is 2.61. The number of nitrogens with zero attached hydrogens (tertiary/aromatic N) is 1. The molecule has 7 rings (SSSR count). The van der Waals surface area contributed by atoms with Gasteiger partial charge in [-0.05, 0) is 27.8 Å². The van der Waals surface area contributed by atoms with Crippen LogP contribution in [0.2, 0.25) is 0 Å². The van der Waals surface area contributed by atoms with Gasteiger partial charge >= 0.3 is 18.0 Å². The van der Waals surface area contributed by atoms with Crippen LogP contribution in [-0.4, -0.2) is 37.2 Å². The van der Waals surface area contributed by atoms with Crippen LogP contribution in [0.15, 0.2) is 65.8 Å². The third-order valence-electron chi connectivity index (χ3n) is 8.13. The van der Waals surface area contributed by atoms with Gasteiger partial charge in [0, 0.05) is 11.8 Å². The summed E-state index contributed by atoms with van der Waals surface area (Å²) >= 11 is 0. The van der Waals surface area contributed by atoms with Gasteiger partial charge in [-0.25, -0.2) is 14.4 Å². The van der Waals surface area contributed by atoms with Crippen molar-refractivity contribution in [2.24, 2.45) is 11.8 Å². The van der Waals surface area contributed by atoms with E-state index in [9.17, 15) is 14.4 Å². The lowest BCUT2D eigenvalue weighted by Gasteiger charge is -2.40. The van der Waals surface area contributed by atoms with Crippen LogP contribution >= 0.6 is 0 Å². The second kappa shape index (κ2) is 7.54. The molecule has 5 aliphatic rings. The summed E-state index contributed by atoms with van der Waals surface area (Å²) in [6.45, 7) is 0.210. The van der Waals surface area contributed by atoms with Gasteiger partial charge in [-0.2, -0.15) is 0 Å². The second-order valence-electron chi connectivity index (χ2n) is 9.67. The Kier molecular flexibility index (Phi) is 4.48. The molecule has 182 valence electrons. The normalized spacial score (nSPS) is 29.4. The number of ether oxygens (including phenoxy) is 4. The van der Waals surface area contributed by atoms with Crippen molar-refractivity contribution in [1.29, 1.82) is 0 Å². The number of methoxy groups -OCH3 is 2. The first kappa shape index (κ1) is 21.4. The fourth-order valence-electron chi connectivity index (χ4n) is 6.64. The number of benzene rings is 2. The minimum absolute atomic E-state index is 0.210. The number of esters is 2. The van der Waals surface area contributed by atoms with Crippen LogP contribution in [0.1, 0.15) is 52.1 Å². The maximum Gasteiger partial charge on any atom is 0.411 e. The van der Waals surface area contributed by atoms with Gasteiger partial charge in [0.2, 0.25) is 0 Å². The zero-order valence-electron chi connectivity index (χ0n) is 19.7. The number of hydrogen-bond donors (Lipinski definition) is 0. The van der Waals surface area contributed by atoms with Crippen LogP contribution in [0.3, 0.4) is 0 Å². The van der Waals surface area contributed by atoms with Crippen molar-refractivity contribution in [2.45, 2.75) is 30.9 Å². The molecule has 0 spiro atoms. The van der Waals surface area contributed by atoms with Gasteiger partial charge in [0.05, 0.1) is 49.7 Å². The molecular weight excluding hydrogens is 462 g/mol. The lowest BCUT2D eigenvalue weighted by molar-refractivity contribution is -0.142. The molecule has 1 saturated heterocycles. The van der Waals surface area contributed by atoms with Crippen molar-refractivity contribution in [1.82, 2.24) is 4.90 Å². The molecule has 2 aromatic rings. The van der Waals surface area contributed by atoms with Gasteiger partial charge < -0.3 is 18.9 Å². The number of amides is 1. The average molecular weight is 485 g/mol. The summed E-state index contributed by atoms with van der Waals surface area (Å²) in [5, 5.41) is 0. The monoisotopic (exact) mass is 485 g/mol. The Morgan fingerprint density at radius 1 is 0.806 bits per heavy atom. The Morgan fingerprint density at radius 3 is 1.83 bits per heavy atom. The summed E-state index contributed by atoms with van der Waals surface area (Å²) in [5.74, 6) is -1.54. The van der Waals surface area contributed by atoms with Crippen molar-refractivity contribution < 1.29 is 33.3 Å². The molecule has 0 radical (unpaired) electrons. The van der Waals surface area contributed by atoms with Crippen LogP contribution in [0, 0.1) is 11.8 Å². The van der Waals surface area contributed by atoms with E-state index in [1.54, 1.807) is 4.90 Å². The van der Waals surface area contributed by atoms with Gasteiger partial charge in [-0.1, -0.05) is 54.6 Å². The molecule has 1 fully saturated rings. The predicted molar refractivity (Wildman–Crippen MR) is 124 cm³/mol. The lowest BCUT2D eigenvalue weighted by atomic mass is 9.59. The van der Waals surface area contributed by atoms with Crippen LogP contribution in [-0.2, 0) is 35.1 Å². The first-order valence-corrected chi connectivity index (χ1v) is 11.9. The van der Waals surface area contributed by atoms with E-state index in [-0.39, 0.29) is 48.8 Å². The van der Waals surface area contributed by atoms with Crippen molar-refractivity contribution in [2.75, 3.05) is 14.2 Å². The number of carbonyl (C=O) groups is 3. The van der Waals surface area contributed by atoms with E-state index in [1.807, 2.05) is 42.5 Å². The van der Waals surface area contributed by atoms with Crippen molar-refractivity contribution in [3.8, 4) is 0 Å². The molecule has 0 saturated carbocycles. The third kappa shape index (κ3) is 2.65. The quantitative estimate of drug-likeness (QED) is 0.367. The standard InChI is InChI=1S/C28H23NO7/c1-33-26(30)22-20-21(23(22)27(31)34-2)25-17-11-15-14(10-16(17)24(20)36-25)18-8-9-19(15)29(18)28(32)35-12-13-6-4-3-5-7-13/h3-11,18-21,24-25H,12H2,1-2H3/t18-,19+,20+,21-,24+,25-. The number of rotatable bonds is 4. The fourth-order valence-corrected chi connectivity index (χ4v) is 6.64. The zero-order chi connectivity index (χ0) is 24.7. The molecule has 2 aromatic carbocycles. The third-order valence-corrected chi connectivity index (χ3v) is 8.13. The Bertz CT molecular complexity index is 1320. The average Bonchev–Trinajstić information content (AvgIpc) is 3.63. The minimum Gasteiger partial charge on any atom is -0.466 e. The number of fused-ring (bicyclic) bond motifs is 13. The summed E-state index contributed by atoms with van der Waals surface area (Å²) in [6.07, 6.45) is 3.00. The summed E-state index contributed by atoms with van der Waals surface area (Å²) in [4.78, 5) is 39.9. The van der Waals surface area contributed by atoms with Crippen molar-refractivity contribution in [3.05, 3.63) is 93.6 Å². The van der Waals surface area contributed by atoms with Crippen LogP contribution in [0.25, 0.3) is 0 Å². The maximum atomic E-state index is 13.1. The lowest BCUT2D eigenvalue weighted by Crippen LogP contribution is -2.42. The molecule has 8 nitrogen and oxygen atoms in total.